The average molecular weight is 248 g/mol. The monoisotopic (exact) mass is 248 g/mol. The van der Waals surface area contributed by atoms with Crippen LogP contribution < -0.4 is 11.1 Å². The first-order valence-corrected chi connectivity index (χ1v) is 5.93. The number of hydrogen-bond acceptors (Lipinski definition) is 5. The Balaban J connectivity index is 3.14. The zero-order chi connectivity index (χ0) is 12.9. The van der Waals surface area contributed by atoms with E-state index in [0.717, 1.165) is 0 Å². The van der Waals surface area contributed by atoms with Crippen LogP contribution in [0.25, 0.3) is 0 Å². The topological polar surface area (TPSA) is 82.8 Å². The number of nitrogens with two attached hydrogens (primary N) is 1. The summed E-state index contributed by atoms with van der Waals surface area (Å²) in [7, 11) is 0. The third kappa shape index (κ3) is 13.1. The van der Waals surface area contributed by atoms with Gasteiger partial charge in [0.15, 0.2) is 0 Å². The first kappa shape index (κ1) is 16.1. The molecule has 6 nitrogen and oxygen atoms in total. The van der Waals surface area contributed by atoms with Crippen molar-refractivity contribution in [1.29, 1.82) is 0 Å². The molecule has 0 heterocycles. The molecule has 0 aliphatic rings. The summed E-state index contributed by atoms with van der Waals surface area (Å²) in [4.78, 5) is 11.1. The second-order valence-corrected chi connectivity index (χ2v) is 3.93. The molecule has 17 heavy (non-hydrogen) atoms. The van der Waals surface area contributed by atoms with E-state index in [1.165, 1.54) is 0 Å². The van der Waals surface area contributed by atoms with Crippen molar-refractivity contribution in [2.45, 2.75) is 13.8 Å². The van der Waals surface area contributed by atoms with Crippen LogP contribution in [0.15, 0.2) is 0 Å². The summed E-state index contributed by atoms with van der Waals surface area (Å²) >= 11 is 0. The fraction of sp³-hybridized carbons (Fsp3) is 0.909. The largest absolute Gasteiger partial charge is 0.449 e. The average Bonchev–Trinajstić information content (AvgIpc) is 2.30. The second kappa shape index (κ2) is 11.6. The van der Waals surface area contributed by atoms with Gasteiger partial charge in [0, 0.05) is 13.1 Å². The summed E-state index contributed by atoms with van der Waals surface area (Å²) < 4.78 is 15.3. The quantitative estimate of drug-likeness (QED) is 0.545. The van der Waals surface area contributed by atoms with Crippen molar-refractivity contribution in [3.63, 3.8) is 0 Å². The Bertz CT molecular complexity index is 188. The van der Waals surface area contributed by atoms with Gasteiger partial charge in [-0.25, -0.2) is 4.79 Å². The van der Waals surface area contributed by atoms with Gasteiger partial charge >= 0.3 is 6.09 Å². The van der Waals surface area contributed by atoms with E-state index in [9.17, 15) is 4.79 Å². The molecule has 0 unspecified atom stereocenters. The molecule has 0 aliphatic heterocycles. The molecular formula is C11H24N2O4. The Labute approximate surface area is 103 Å². The third-order valence-electron chi connectivity index (χ3n) is 1.70. The van der Waals surface area contributed by atoms with Crippen molar-refractivity contribution in [1.82, 2.24) is 5.32 Å². The summed E-state index contributed by atoms with van der Waals surface area (Å²) in [5.74, 6) is 0.344. The van der Waals surface area contributed by atoms with Crippen LogP contribution in [0.5, 0.6) is 0 Å². The van der Waals surface area contributed by atoms with Crippen molar-refractivity contribution in [2.24, 2.45) is 11.7 Å². The highest BCUT2D eigenvalue weighted by Crippen LogP contribution is 1.92. The van der Waals surface area contributed by atoms with Crippen molar-refractivity contribution in [3.05, 3.63) is 0 Å². The van der Waals surface area contributed by atoms with Crippen molar-refractivity contribution in [2.75, 3.05) is 46.1 Å². The van der Waals surface area contributed by atoms with E-state index in [0.29, 0.717) is 52.0 Å². The van der Waals surface area contributed by atoms with Gasteiger partial charge in [0.2, 0.25) is 0 Å². The molecule has 0 aromatic rings. The Morgan fingerprint density at radius 1 is 1.18 bits per heavy atom. The first-order valence-electron chi connectivity index (χ1n) is 5.93. The molecule has 3 N–H and O–H groups in total. The van der Waals surface area contributed by atoms with Gasteiger partial charge in [-0.1, -0.05) is 13.8 Å². The number of amides is 1. The van der Waals surface area contributed by atoms with Crippen molar-refractivity contribution in [3.8, 4) is 0 Å². The molecule has 0 spiro atoms. The summed E-state index contributed by atoms with van der Waals surface area (Å²) in [6.07, 6.45) is -0.401. The molecule has 0 rings (SSSR count). The highest BCUT2D eigenvalue weighted by Gasteiger charge is 2.02. The Kier molecular flexibility index (Phi) is 11.0. The molecule has 0 atom stereocenters. The van der Waals surface area contributed by atoms with Gasteiger partial charge in [-0.15, -0.1) is 0 Å². The Hall–Kier alpha value is -0.850. The summed E-state index contributed by atoms with van der Waals surface area (Å²) in [6.45, 7) is 7.37. The van der Waals surface area contributed by atoms with E-state index >= 15 is 0 Å². The van der Waals surface area contributed by atoms with Crippen LogP contribution in [0, 0.1) is 5.92 Å². The molecule has 0 bridgehead atoms. The number of hydrogen-bond donors (Lipinski definition) is 2. The molecule has 0 radical (unpaired) electrons. The molecule has 0 fully saturated rings. The maximum atomic E-state index is 11.1. The summed E-state index contributed by atoms with van der Waals surface area (Å²) in [6, 6.07) is 0. The predicted molar refractivity (Wildman–Crippen MR) is 64.9 cm³/mol. The van der Waals surface area contributed by atoms with Crippen molar-refractivity contribution < 1.29 is 19.0 Å². The first-order chi connectivity index (χ1) is 8.16. The van der Waals surface area contributed by atoms with Crippen LogP contribution in [0.2, 0.25) is 0 Å². The second-order valence-electron chi connectivity index (χ2n) is 3.93. The van der Waals surface area contributed by atoms with Crippen LogP contribution in [0.4, 0.5) is 4.79 Å². The lowest BCUT2D eigenvalue weighted by atomic mass is 10.2. The van der Waals surface area contributed by atoms with Crippen molar-refractivity contribution >= 4 is 6.09 Å². The van der Waals surface area contributed by atoms with E-state index in [1.807, 2.05) is 13.8 Å². The van der Waals surface area contributed by atoms with Crippen LogP contribution in [-0.2, 0) is 14.2 Å². The molecule has 0 saturated carbocycles. The molecule has 6 heteroatoms. The van der Waals surface area contributed by atoms with E-state index in [-0.39, 0.29) is 0 Å². The van der Waals surface area contributed by atoms with E-state index < -0.39 is 6.09 Å². The molecule has 102 valence electrons. The van der Waals surface area contributed by atoms with Gasteiger partial charge in [0.05, 0.1) is 33.0 Å². The molecule has 0 saturated heterocycles. The lowest BCUT2D eigenvalue weighted by Crippen LogP contribution is -2.29. The molecular weight excluding hydrogens is 224 g/mol. The summed E-state index contributed by atoms with van der Waals surface area (Å²) in [5.41, 5.74) is 5.25. The van der Waals surface area contributed by atoms with Gasteiger partial charge < -0.3 is 25.3 Å². The van der Waals surface area contributed by atoms with E-state index in [4.69, 9.17) is 19.9 Å². The highest BCUT2D eigenvalue weighted by molar-refractivity contribution is 5.67. The zero-order valence-electron chi connectivity index (χ0n) is 10.7. The Morgan fingerprint density at radius 3 is 2.41 bits per heavy atom. The van der Waals surface area contributed by atoms with E-state index in [1.54, 1.807) is 0 Å². The maximum Gasteiger partial charge on any atom is 0.407 e. The van der Waals surface area contributed by atoms with Crippen LogP contribution in [0.3, 0.4) is 0 Å². The van der Waals surface area contributed by atoms with Gasteiger partial charge in [0.1, 0.15) is 0 Å². The highest BCUT2D eigenvalue weighted by atomic mass is 16.5. The van der Waals surface area contributed by atoms with Crippen LogP contribution >= 0.6 is 0 Å². The van der Waals surface area contributed by atoms with Gasteiger partial charge in [-0.05, 0) is 5.92 Å². The third-order valence-corrected chi connectivity index (χ3v) is 1.70. The lowest BCUT2D eigenvalue weighted by Gasteiger charge is -2.09. The zero-order valence-corrected chi connectivity index (χ0v) is 10.7. The molecule has 1 amide bonds. The normalized spacial score (nSPS) is 10.6. The molecule has 0 aromatic heterocycles. The smallest absolute Gasteiger partial charge is 0.407 e. The maximum absolute atomic E-state index is 11.1. The number of carbonyl (C=O) groups is 1. The number of ether oxygens (including phenoxy) is 3. The molecule has 0 aromatic carbocycles. The minimum atomic E-state index is -0.401. The number of alkyl carbamates (subject to hydrolysis) is 1. The minimum Gasteiger partial charge on any atom is -0.449 e. The minimum absolute atomic E-state index is 0.344. The molecule has 0 aliphatic carbocycles. The SMILES string of the molecule is CC(C)COC(=O)NCCOCCOCCN. The van der Waals surface area contributed by atoms with E-state index in [2.05, 4.69) is 5.32 Å². The van der Waals surface area contributed by atoms with Gasteiger partial charge in [-0.2, -0.15) is 0 Å². The fourth-order valence-corrected chi connectivity index (χ4v) is 0.924. The number of nitrogens with one attached hydrogen (secondary N) is 1. The predicted octanol–water partition coefficient (Wildman–Crippen LogP) is 0.361. The van der Waals surface area contributed by atoms with Crippen LogP contribution in [0.1, 0.15) is 13.8 Å². The number of rotatable bonds is 10. The number of carbonyl (C=O) groups excluding carboxylic acids is 1. The standard InChI is InChI=1S/C11H24N2O4/c1-10(2)9-17-11(14)13-4-6-16-8-7-15-5-3-12/h10H,3-9,12H2,1-2H3,(H,13,14). The van der Waals surface area contributed by atoms with Crippen LogP contribution in [-0.4, -0.2) is 52.2 Å². The van der Waals surface area contributed by atoms with Gasteiger partial charge in [0.25, 0.3) is 0 Å². The van der Waals surface area contributed by atoms with Gasteiger partial charge in [-0.3, -0.25) is 0 Å². The lowest BCUT2D eigenvalue weighted by molar-refractivity contribution is 0.0510. The fourth-order valence-electron chi connectivity index (χ4n) is 0.924. The Morgan fingerprint density at radius 2 is 1.82 bits per heavy atom. The summed E-state index contributed by atoms with van der Waals surface area (Å²) in [5, 5.41) is 2.59.